The van der Waals surface area contributed by atoms with E-state index in [1.165, 1.54) is 77.0 Å². The summed E-state index contributed by atoms with van der Waals surface area (Å²) in [6.45, 7) is 18.4. The van der Waals surface area contributed by atoms with Gasteiger partial charge in [-0.05, 0) is 29.2 Å². The molecule has 2 atom stereocenters. The Balaban J connectivity index is -0.000000299. The van der Waals surface area contributed by atoms with Gasteiger partial charge in [-0.25, -0.2) is 0 Å². The highest BCUT2D eigenvalue weighted by molar-refractivity contribution is 4.70. The lowest BCUT2D eigenvalue weighted by molar-refractivity contribution is -0.201. The first-order chi connectivity index (χ1) is 13.7. The summed E-state index contributed by atoms with van der Waals surface area (Å²) in [5.74, 6) is 1.46. The van der Waals surface area contributed by atoms with Gasteiger partial charge in [-0.3, -0.25) is 0 Å². The Hall–Kier alpha value is -0.370. The van der Waals surface area contributed by atoms with E-state index in [9.17, 15) is 4.53 Å². The van der Waals surface area contributed by atoms with Crippen LogP contribution in [-0.2, 0) is 4.94 Å². The summed E-state index contributed by atoms with van der Waals surface area (Å²) in [7, 11) is 0. The van der Waals surface area contributed by atoms with E-state index in [0.717, 1.165) is 25.2 Å². The van der Waals surface area contributed by atoms with Crippen molar-refractivity contribution in [1.29, 1.82) is 0 Å². The molecule has 0 aromatic rings. The molecule has 0 amide bonds. The number of hydrogen-bond acceptors (Lipinski definition) is 1. The number of rotatable bonds is 1. The molecule has 3 rings (SSSR count). The molecule has 1 nitrogen and oxygen atoms in total. The average molecular weight is 403 g/mol. The van der Waals surface area contributed by atoms with Gasteiger partial charge in [0.25, 0.3) is 0 Å². The third-order valence-corrected chi connectivity index (χ3v) is 5.54. The molecule has 28 heavy (non-hydrogen) atoms. The van der Waals surface area contributed by atoms with Gasteiger partial charge in [0.2, 0.25) is 0 Å². The molecular formula is C26H55FO. The van der Waals surface area contributed by atoms with Crippen molar-refractivity contribution in [2.45, 2.75) is 144 Å². The Bertz CT molecular complexity index is 235. The molecule has 0 saturated heterocycles. The molecule has 3 saturated carbocycles. The molecule has 0 heterocycles. The summed E-state index contributed by atoms with van der Waals surface area (Å²) >= 11 is 0. The quantitative estimate of drug-likeness (QED) is 0.396. The fourth-order valence-corrected chi connectivity index (χ4v) is 3.78. The highest BCUT2D eigenvalue weighted by Gasteiger charge is 2.22. The molecule has 2 heteroatoms. The highest BCUT2D eigenvalue weighted by Crippen LogP contribution is 2.26. The van der Waals surface area contributed by atoms with Gasteiger partial charge >= 0.3 is 0 Å². The third kappa shape index (κ3) is 21.9. The van der Waals surface area contributed by atoms with Crippen LogP contribution in [0.2, 0.25) is 0 Å². The van der Waals surface area contributed by atoms with Gasteiger partial charge in [0.15, 0.2) is 0 Å². The highest BCUT2D eigenvalue weighted by atomic mass is 19.3. The minimum atomic E-state index is -0.112. The topological polar surface area (TPSA) is 9.23 Å². The van der Waals surface area contributed by atoms with Crippen molar-refractivity contribution >= 4 is 0 Å². The van der Waals surface area contributed by atoms with Crippen LogP contribution in [0.1, 0.15) is 138 Å². The van der Waals surface area contributed by atoms with E-state index in [0.29, 0.717) is 5.92 Å². The van der Waals surface area contributed by atoms with Gasteiger partial charge in [-0.15, -0.1) is 13.2 Å². The third-order valence-electron chi connectivity index (χ3n) is 5.54. The van der Waals surface area contributed by atoms with Gasteiger partial charge in [0.05, 0.1) is 0 Å². The lowest BCUT2D eigenvalue weighted by atomic mass is 9.88. The first kappa shape index (κ1) is 32.3. The van der Waals surface area contributed by atoms with Gasteiger partial charge in [0, 0.05) is 0 Å². The molecule has 3 aliphatic carbocycles. The zero-order chi connectivity index (χ0) is 22.0. The summed E-state index contributed by atoms with van der Waals surface area (Å²) in [6, 6.07) is 0. The summed E-state index contributed by atoms with van der Waals surface area (Å²) < 4.78 is 11.6. The second kappa shape index (κ2) is 28.8. The van der Waals surface area contributed by atoms with Crippen molar-refractivity contribution in [2.24, 2.45) is 11.8 Å². The smallest absolute Gasteiger partial charge is 0.101 e. The van der Waals surface area contributed by atoms with Gasteiger partial charge in [-0.2, -0.15) is 4.94 Å². The predicted molar refractivity (Wildman–Crippen MR) is 128 cm³/mol. The van der Waals surface area contributed by atoms with Crippen molar-refractivity contribution < 1.29 is 9.47 Å². The molecule has 0 N–H and O–H groups in total. The minimum Gasteiger partial charge on any atom is -0.191 e. The first-order valence-corrected chi connectivity index (χ1v) is 12.5. The zero-order valence-corrected chi connectivity index (χ0v) is 20.5. The maximum atomic E-state index is 11.6. The molecule has 0 aromatic carbocycles. The van der Waals surface area contributed by atoms with Crippen LogP contribution in [0.5, 0.6) is 0 Å². The van der Waals surface area contributed by atoms with Crippen molar-refractivity contribution in [3.63, 3.8) is 0 Å². The molecule has 3 aliphatic rings. The van der Waals surface area contributed by atoms with Crippen LogP contribution in [-0.4, -0.2) is 6.10 Å². The van der Waals surface area contributed by atoms with Crippen molar-refractivity contribution in [1.82, 2.24) is 0 Å². The van der Waals surface area contributed by atoms with E-state index in [-0.39, 0.29) is 6.10 Å². The fraction of sp³-hybridized carbons (Fsp3) is 0.923. The van der Waals surface area contributed by atoms with Crippen LogP contribution in [0.4, 0.5) is 4.53 Å². The maximum Gasteiger partial charge on any atom is 0.101 e. The molecule has 0 aliphatic heterocycles. The van der Waals surface area contributed by atoms with Crippen LogP contribution in [0.15, 0.2) is 13.2 Å². The van der Waals surface area contributed by atoms with Crippen LogP contribution >= 0.6 is 0 Å². The molecule has 2 unspecified atom stereocenters. The van der Waals surface area contributed by atoms with Crippen molar-refractivity contribution in [3.8, 4) is 0 Å². The van der Waals surface area contributed by atoms with E-state index in [1.54, 1.807) is 0 Å². The summed E-state index contributed by atoms with van der Waals surface area (Å²) in [6.07, 6.45) is 20.7. The lowest BCUT2D eigenvalue weighted by Crippen LogP contribution is -2.22. The van der Waals surface area contributed by atoms with Crippen LogP contribution in [0, 0.1) is 11.8 Å². The second-order valence-corrected chi connectivity index (χ2v) is 7.75. The fourth-order valence-electron chi connectivity index (χ4n) is 3.78. The zero-order valence-electron chi connectivity index (χ0n) is 20.5. The molecule has 0 aromatic heterocycles. The summed E-state index contributed by atoms with van der Waals surface area (Å²) in [5.41, 5.74) is 0. The average Bonchev–Trinajstić information content (AvgIpc) is 2.81. The summed E-state index contributed by atoms with van der Waals surface area (Å²) in [5, 5.41) is 0. The molecule has 172 valence electrons. The predicted octanol–water partition coefficient (Wildman–Crippen LogP) is 10.2. The molecular weight excluding hydrogens is 347 g/mol. The van der Waals surface area contributed by atoms with Crippen molar-refractivity contribution in [3.05, 3.63) is 13.2 Å². The van der Waals surface area contributed by atoms with Crippen LogP contribution < -0.4 is 0 Å². The number of halogens is 1. The standard InChI is InChI=1S/C7H13FO.C7H14.C6H12.2C2H6.C2H4/c1-6-4-2-3-5-7(6)9-8;1-7-5-3-2-4-6-7;1-2-4-6-5-3-1;3*1-2/h6-7H,2-5H2,1H3;7H,2-6H2,1H3;1-6H2;2*1-2H3;1-2H2. The van der Waals surface area contributed by atoms with Gasteiger partial charge in [-0.1, -0.05) is 125 Å². The Kier molecular flexibility index (Phi) is 33.3. The van der Waals surface area contributed by atoms with E-state index in [4.69, 9.17) is 0 Å². The Labute approximate surface area is 178 Å². The van der Waals surface area contributed by atoms with Gasteiger partial charge < -0.3 is 0 Å². The molecule has 0 bridgehead atoms. The SMILES string of the molecule is C1CCCCC1.C=C.CC.CC.CC1CCCCC1.CC1CCCCC1OF. The van der Waals surface area contributed by atoms with E-state index >= 15 is 0 Å². The van der Waals surface area contributed by atoms with Crippen molar-refractivity contribution in [2.75, 3.05) is 0 Å². The first-order valence-electron chi connectivity index (χ1n) is 12.5. The Morgan fingerprint density at radius 2 is 0.893 bits per heavy atom. The van der Waals surface area contributed by atoms with Crippen LogP contribution in [0.25, 0.3) is 0 Å². The monoisotopic (exact) mass is 402 g/mol. The van der Waals surface area contributed by atoms with Gasteiger partial charge in [0.1, 0.15) is 6.10 Å². The van der Waals surface area contributed by atoms with Crippen LogP contribution in [0.3, 0.4) is 0 Å². The van der Waals surface area contributed by atoms with E-state index in [2.05, 4.69) is 25.0 Å². The lowest BCUT2D eigenvalue weighted by Gasteiger charge is -2.24. The number of hydrogen-bond donors (Lipinski definition) is 0. The Morgan fingerprint density at radius 1 is 0.571 bits per heavy atom. The van der Waals surface area contributed by atoms with E-state index in [1.807, 2.05) is 34.6 Å². The normalized spacial score (nSPS) is 23.8. The molecule has 0 spiro atoms. The second-order valence-electron chi connectivity index (χ2n) is 7.75. The molecule has 0 radical (unpaired) electrons. The maximum absolute atomic E-state index is 11.6. The van der Waals surface area contributed by atoms with E-state index < -0.39 is 0 Å². The minimum absolute atomic E-state index is 0.112. The Morgan fingerprint density at radius 3 is 1.14 bits per heavy atom. The molecule has 3 fully saturated rings. The largest absolute Gasteiger partial charge is 0.191 e. The summed E-state index contributed by atoms with van der Waals surface area (Å²) in [4.78, 5) is 3.80.